The van der Waals surface area contributed by atoms with Crippen molar-refractivity contribution in [1.29, 1.82) is 0 Å². The van der Waals surface area contributed by atoms with Crippen LogP contribution in [-0.2, 0) is 0 Å². The van der Waals surface area contributed by atoms with Crippen LogP contribution in [0.2, 0.25) is 0 Å². The van der Waals surface area contributed by atoms with Crippen molar-refractivity contribution in [1.82, 2.24) is 4.90 Å². The first-order valence-electron chi connectivity index (χ1n) is 7.36. The van der Waals surface area contributed by atoms with Crippen LogP contribution in [-0.4, -0.2) is 44.4 Å². The van der Waals surface area contributed by atoms with Crippen LogP contribution in [0.3, 0.4) is 0 Å². The highest BCUT2D eigenvalue weighted by molar-refractivity contribution is 5.85. The van der Waals surface area contributed by atoms with Crippen molar-refractivity contribution in [2.75, 3.05) is 38.1 Å². The second kappa shape index (κ2) is 6.10. The highest BCUT2D eigenvalue weighted by Crippen LogP contribution is 2.32. The summed E-state index contributed by atoms with van der Waals surface area (Å²) in [5.74, 6) is 0. The van der Waals surface area contributed by atoms with Crippen molar-refractivity contribution in [2.45, 2.75) is 0 Å². The van der Waals surface area contributed by atoms with Gasteiger partial charge in [-0.15, -0.1) is 0 Å². The van der Waals surface area contributed by atoms with Gasteiger partial charge in [0.05, 0.1) is 0 Å². The molecular formula is C18H20N2O. The number of hydrogen-bond acceptors (Lipinski definition) is 3. The maximum Gasteiger partial charge on any atom is 0.150 e. The molecule has 0 radical (unpaired) electrons. The van der Waals surface area contributed by atoms with Crippen LogP contribution in [0, 0.1) is 0 Å². The van der Waals surface area contributed by atoms with Crippen molar-refractivity contribution >= 4 is 12.0 Å². The number of anilines is 1. The van der Waals surface area contributed by atoms with Crippen molar-refractivity contribution in [3.63, 3.8) is 0 Å². The molecule has 108 valence electrons. The van der Waals surface area contributed by atoms with Gasteiger partial charge in [-0.1, -0.05) is 42.5 Å². The fraction of sp³-hybridized carbons (Fsp3) is 0.278. The van der Waals surface area contributed by atoms with Crippen molar-refractivity contribution in [2.24, 2.45) is 0 Å². The first-order valence-corrected chi connectivity index (χ1v) is 7.36. The number of likely N-dealkylation sites (N-methyl/N-ethyl adjacent to an activating group) is 1. The van der Waals surface area contributed by atoms with E-state index in [2.05, 4.69) is 47.2 Å². The van der Waals surface area contributed by atoms with E-state index in [1.54, 1.807) is 0 Å². The third-order valence-corrected chi connectivity index (χ3v) is 4.09. The lowest BCUT2D eigenvalue weighted by Crippen LogP contribution is -2.44. The third kappa shape index (κ3) is 2.98. The Labute approximate surface area is 125 Å². The molecule has 0 amide bonds. The number of piperazine rings is 1. The van der Waals surface area contributed by atoms with E-state index >= 15 is 0 Å². The normalized spacial score (nSPS) is 16.0. The zero-order chi connectivity index (χ0) is 14.7. The Bertz CT molecular complexity index is 616. The van der Waals surface area contributed by atoms with E-state index in [1.165, 1.54) is 16.8 Å². The van der Waals surface area contributed by atoms with Gasteiger partial charge in [-0.25, -0.2) is 0 Å². The first-order chi connectivity index (χ1) is 10.3. The van der Waals surface area contributed by atoms with E-state index < -0.39 is 0 Å². The van der Waals surface area contributed by atoms with Gasteiger partial charge in [-0.3, -0.25) is 4.79 Å². The molecule has 1 saturated heterocycles. The quantitative estimate of drug-likeness (QED) is 0.808. The lowest BCUT2D eigenvalue weighted by Gasteiger charge is -2.35. The number of benzene rings is 2. The zero-order valence-electron chi connectivity index (χ0n) is 12.3. The molecule has 2 aromatic carbocycles. The molecule has 3 nitrogen and oxygen atoms in total. The number of aldehydes is 1. The predicted molar refractivity (Wildman–Crippen MR) is 87.0 cm³/mol. The molecule has 1 heterocycles. The predicted octanol–water partition coefficient (Wildman–Crippen LogP) is 2.92. The van der Waals surface area contributed by atoms with Crippen LogP contribution >= 0.6 is 0 Å². The molecule has 3 rings (SSSR count). The number of nitrogens with zero attached hydrogens (tertiary/aromatic N) is 2. The van der Waals surface area contributed by atoms with Crippen LogP contribution in [0.25, 0.3) is 11.1 Å². The van der Waals surface area contributed by atoms with Gasteiger partial charge < -0.3 is 9.80 Å². The Hall–Kier alpha value is -2.13. The molecule has 0 bridgehead atoms. The molecule has 21 heavy (non-hydrogen) atoms. The summed E-state index contributed by atoms with van der Waals surface area (Å²) in [6.07, 6.45) is 0.925. The molecule has 0 aliphatic carbocycles. The Morgan fingerprint density at radius 3 is 2.33 bits per heavy atom. The second-order valence-electron chi connectivity index (χ2n) is 5.55. The summed E-state index contributed by atoms with van der Waals surface area (Å²) in [7, 11) is 2.15. The minimum atomic E-state index is 0.739. The van der Waals surface area contributed by atoms with Crippen LogP contribution in [0.5, 0.6) is 0 Å². The van der Waals surface area contributed by atoms with Crippen LogP contribution in [0.15, 0.2) is 48.5 Å². The van der Waals surface area contributed by atoms with Gasteiger partial charge in [0.2, 0.25) is 0 Å². The fourth-order valence-electron chi connectivity index (χ4n) is 2.79. The Kier molecular flexibility index (Phi) is 4.02. The van der Waals surface area contributed by atoms with E-state index in [-0.39, 0.29) is 0 Å². The van der Waals surface area contributed by atoms with E-state index in [9.17, 15) is 4.79 Å². The number of hydrogen-bond donors (Lipinski definition) is 0. The number of carbonyl (C=O) groups is 1. The molecule has 2 aromatic rings. The average molecular weight is 280 g/mol. The minimum absolute atomic E-state index is 0.739. The summed E-state index contributed by atoms with van der Waals surface area (Å²) in [4.78, 5) is 15.8. The largest absolute Gasteiger partial charge is 0.368 e. The van der Waals surface area contributed by atoms with E-state index in [4.69, 9.17) is 0 Å². The minimum Gasteiger partial charge on any atom is -0.368 e. The molecule has 0 atom stereocenters. The SMILES string of the molecule is CN1CCN(c2cc(C=O)ccc2-c2ccccc2)CC1. The molecule has 0 aromatic heterocycles. The van der Waals surface area contributed by atoms with Crippen LogP contribution in [0.1, 0.15) is 10.4 Å². The smallest absolute Gasteiger partial charge is 0.150 e. The van der Waals surface area contributed by atoms with Gasteiger partial charge in [0, 0.05) is 43.0 Å². The molecule has 0 unspecified atom stereocenters. The lowest BCUT2D eigenvalue weighted by molar-refractivity contribution is 0.112. The zero-order valence-corrected chi connectivity index (χ0v) is 12.3. The summed E-state index contributed by atoms with van der Waals surface area (Å²) in [5.41, 5.74) is 4.30. The van der Waals surface area contributed by atoms with Gasteiger partial charge in [0.1, 0.15) is 6.29 Å². The van der Waals surface area contributed by atoms with Crippen molar-refractivity contribution < 1.29 is 4.79 Å². The topological polar surface area (TPSA) is 23.6 Å². The van der Waals surface area contributed by atoms with E-state index in [0.29, 0.717) is 0 Å². The second-order valence-corrected chi connectivity index (χ2v) is 5.55. The molecular weight excluding hydrogens is 260 g/mol. The highest BCUT2D eigenvalue weighted by Gasteiger charge is 2.18. The van der Waals surface area contributed by atoms with Gasteiger partial charge in [-0.05, 0) is 18.7 Å². The van der Waals surface area contributed by atoms with Gasteiger partial charge in [0.25, 0.3) is 0 Å². The fourth-order valence-corrected chi connectivity index (χ4v) is 2.79. The molecule has 0 saturated carbocycles. The maximum absolute atomic E-state index is 11.1. The van der Waals surface area contributed by atoms with Crippen molar-refractivity contribution in [3.8, 4) is 11.1 Å². The Balaban J connectivity index is 2.02. The summed E-state index contributed by atoms with van der Waals surface area (Å²) in [5, 5.41) is 0. The molecule has 1 aliphatic rings. The van der Waals surface area contributed by atoms with Gasteiger partial charge >= 0.3 is 0 Å². The third-order valence-electron chi connectivity index (χ3n) is 4.09. The lowest BCUT2D eigenvalue weighted by atomic mass is 10.0. The van der Waals surface area contributed by atoms with Crippen LogP contribution in [0.4, 0.5) is 5.69 Å². The molecule has 3 heteroatoms. The average Bonchev–Trinajstić information content (AvgIpc) is 2.56. The Morgan fingerprint density at radius 1 is 0.952 bits per heavy atom. The molecule has 0 N–H and O–H groups in total. The monoisotopic (exact) mass is 280 g/mol. The standard InChI is InChI=1S/C18H20N2O/c1-19-9-11-20(12-10-19)18-13-15(14-21)7-8-17(18)16-5-3-2-4-6-16/h2-8,13-14H,9-12H2,1H3. The molecule has 1 fully saturated rings. The summed E-state index contributed by atoms with van der Waals surface area (Å²) < 4.78 is 0. The van der Waals surface area contributed by atoms with E-state index in [1.807, 2.05) is 18.2 Å². The summed E-state index contributed by atoms with van der Waals surface area (Å²) in [6, 6.07) is 16.3. The maximum atomic E-state index is 11.1. The molecule has 0 spiro atoms. The van der Waals surface area contributed by atoms with E-state index in [0.717, 1.165) is 38.0 Å². The van der Waals surface area contributed by atoms with Crippen molar-refractivity contribution in [3.05, 3.63) is 54.1 Å². The van der Waals surface area contributed by atoms with Crippen LogP contribution < -0.4 is 4.90 Å². The molecule has 1 aliphatic heterocycles. The number of rotatable bonds is 3. The van der Waals surface area contributed by atoms with Gasteiger partial charge in [-0.2, -0.15) is 0 Å². The summed E-state index contributed by atoms with van der Waals surface area (Å²) in [6.45, 7) is 4.11. The Morgan fingerprint density at radius 2 is 1.67 bits per heavy atom. The van der Waals surface area contributed by atoms with Gasteiger partial charge in [0.15, 0.2) is 0 Å². The first kappa shape index (κ1) is 13.8. The highest BCUT2D eigenvalue weighted by atomic mass is 16.1. The summed E-state index contributed by atoms with van der Waals surface area (Å²) >= 11 is 0. The number of carbonyl (C=O) groups excluding carboxylic acids is 1.